The van der Waals surface area contributed by atoms with Crippen LogP contribution in [-0.4, -0.2) is 133 Å². The third-order valence-electron chi connectivity index (χ3n) is 10.3. The van der Waals surface area contributed by atoms with E-state index in [0.717, 1.165) is 34.7 Å². The van der Waals surface area contributed by atoms with Gasteiger partial charge in [-0.05, 0) is 18.6 Å². The number of hydrogen-bond acceptors (Lipinski definition) is 19. The topological polar surface area (TPSA) is 386 Å². The molecular formula is C36H47N8O18P3S. The fraction of sp³-hybridized carbons (Fsp3) is 0.472. The van der Waals surface area contributed by atoms with E-state index < -0.39 is 90.5 Å². The van der Waals surface area contributed by atoms with Crippen molar-refractivity contribution in [3.63, 3.8) is 0 Å². The first kappa shape index (κ1) is 51.1. The van der Waals surface area contributed by atoms with Crippen molar-refractivity contribution in [3.8, 4) is 0 Å². The molecular weight excluding hydrogens is 957 g/mol. The maximum atomic E-state index is 13.0. The first-order valence-electron chi connectivity index (χ1n) is 19.8. The number of rotatable bonds is 22. The molecule has 0 saturated carbocycles. The number of aliphatic hydroxyl groups is 2. The van der Waals surface area contributed by atoms with E-state index in [9.17, 15) is 62.7 Å². The van der Waals surface area contributed by atoms with Gasteiger partial charge in [0.1, 0.15) is 36.3 Å². The first-order chi connectivity index (χ1) is 31.0. The number of nitrogens with one attached hydrogen (secondary N) is 2. The summed E-state index contributed by atoms with van der Waals surface area (Å²) in [6.07, 6.45) is -6.50. The highest BCUT2D eigenvalue weighted by Crippen LogP contribution is 2.61. The molecule has 0 bridgehead atoms. The summed E-state index contributed by atoms with van der Waals surface area (Å²) < 4.78 is 64.3. The van der Waals surface area contributed by atoms with E-state index in [-0.39, 0.29) is 53.1 Å². The second-order valence-corrected chi connectivity index (χ2v) is 20.9. The predicted octanol–water partition coefficient (Wildman–Crippen LogP) is 0.885. The fourth-order valence-electron chi connectivity index (χ4n) is 7.00. The molecule has 10 N–H and O–H groups in total. The minimum Gasteiger partial charge on any atom is -0.386 e. The smallest absolute Gasteiger partial charge is 0.386 e. The van der Waals surface area contributed by atoms with Gasteiger partial charge in [-0.25, -0.2) is 28.6 Å². The quantitative estimate of drug-likeness (QED) is 0.0300. The van der Waals surface area contributed by atoms with E-state index in [1.165, 1.54) is 13.8 Å². The van der Waals surface area contributed by atoms with Crippen LogP contribution in [0.3, 0.4) is 0 Å². The zero-order valence-corrected chi connectivity index (χ0v) is 38.5. The minimum atomic E-state index is -5.60. The van der Waals surface area contributed by atoms with Gasteiger partial charge in [-0.3, -0.25) is 37.3 Å². The molecule has 2 aliphatic heterocycles. The molecule has 8 unspecified atom stereocenters. The number of nitrogen functional groups attached to an aromatic ring is 1. The van der Waals surface area contributed by atoms with Crippen LogP contribution in [-0.2, 0) is 57.2 Å². The molecule has 2 amide bonds. The molecule has 1 aromatic carbocycles. The lowest BCUT2D eigenvalue weighted by Crippen LogP contribution is -2.46. The largest absolute Gasteiger partial charge is 0.481 e. The number of ether oxygens (including phenoxy) is 1. The summed E-state index contributed by atoms with van der Waals surface area (Å²) >= 11 is 1.05. The lowest BCUT2D eigenvalue weighted by molar-refractivity contribution is -0.137. The Bertz CT molecular complexity index is 2580. The number of anilines is 1. The molecule has 4 aromatic rings. The van der Waals surface area contributed by atoms with Crippen molar-refractivity contribution in [2.24, 2.45) is 5.41 Å². The van der Waals surface area contributed by atoms with Crippen LogP contribution < -0.4 is 16.4 Å². The third kappa shape index (κ3) is 12.6. The number of amides is 2. The van der Waals surface area contributed by atoms with Gasteiger partial charge < -0.3 is 55.5 Å². The Hall–Kier alpha value is -4.27. The van der Waals surface area contributed by atoms with Crippen LogP contribution in [0.5, 0.6) is 0 Å². The number of carbonyl (C=O) groups excluding carboxylic acids is 4. The number of nitrogens with zero attached hydrogens (tertiary/aromatic N) is 5. The number of aromatic nitrogens is 5. The molecule has 360 valence electrons. The van der Waals surface area contributed by atoms with Crippen molar-refractivity contribution in [1.82, 2.24) is 34.7 Å². The van der Waals surface area contributed by atoms with Gasteiger partial charge in [0.2, 0.25) is 17.6 Å². The first-order valence-corrected chi connectivity index (χ1v) is 25.3. The predicted molar refractivity (Wildman–Crippen MR) is 229 cm³/mol. The number of thioether (sulfide) groups is 1. The molecule has 3 aromatic heterocycles. The molecule has 0 radical (unpaired) electrons. The van der Waals surface area contributed by atoms with Crippen LogP contribution in [0.1, 0.15) is 60.6 Å². The Morgan fingerprint density at radius 3 is 2.41 bits per heavy atom. The summed E-state index contributed by atoms with van der Waals surface area (Å²) in [5.74, 6) is -1.79. The van der Waals surface area contributed by atoms with Crippen molar-refractivity contribution in [1.29, 1.82) is 0 Å². The molecule has 26 nitrogen and oxygen atoms in total. The fourth-order valence-corrected chi connectivity index (χ4v) is 10.7. The van der Waals surface area contributed by atoms with E-state index in [0.29, 0.717) is 24.2 Å². The number of carbonyl (C=O) groups is 4. The molecule has 8 atom stereocenters. The number of ketones is 1. The number of benzene rings is 1. The average Bonchev–Trinajstić information content (AvgIpc) is 4.04. The molecule has 5 heterocycles. The van der Waals surface area contributed by atoms with Crippen LogP contribution in [0.2, 0.25) is 0 Å². The van der Waals surface area contributed by atoms with Crippen LogP contribution in [0, 0.1) is 5.41 Å². The third-order valence-corrected chi connectivity index (χ3v) is 14.4. The van der Waals surface area contributed by atoms with Crippen LogP contribution >= 0.6 is 35.2 Å². The number of fused-ring (bicyclic) bond motifs is 2. The average molecular weight is 1000 g/mol. The number of phosphoric acid groups is 3. The van der Waals surface area contributed by atoms with Gasteiger partial charge in [-0.1, -0.05) is 55.9 Å². The highest BCUT2D eigenvalue weighted by molar-refractivity contribution is 8.13. The zero-order valence-electron chi connectivity index (χ0n) is 35.0. The summed E-state index contributed by atoms with van der Waals surface area (Å²) in [7, 11) is -16.5. The summed E-state index contributed by atoms with van der Waals surface area (Å²) in [4.78, 5) is 102. The Balaban J connectivity index is 0.903. The molecule has 1 saturated heterocycles. The van der Waals surface area contributed by atoms with Gasteiger partial charge in [-0.15, -0.1) is 0 Å². The summed E-state index contributed by atoms with van der Waals surface area (Å²) in [6.45, 7) is 0.863. The van der Waals surface area contributed by atoms with Gasteiger partial charge in [-0.2, -0.15) is 4.31 Å². The molecule has 2 aliphatic rings. The minimum absolute atomic E-state index is 0.0236. The van der Waals surface area contributed by atoms with E-state index >= 15 is 0 Å². The number of nitrogens with two attached hydrogens (primary N) is 1. The Kier molecular flexibility index (Phi) is 16.2. The van der Waals surface area contributed by atoms with Crippen molar-refractivity contribution >= 4 is 74.9 Å². The lowest BCUT2D eigenvalue weighted by atomic mass is 9.87. The number of imidazole rings is 1. The highest BCUT2D eigenvalue weighted by atomic mass is 32.2. The second kappa shape index (κ2) is 20.9. The van der Waals surface area contributed by atoms with Crippen molar-refractivity contribution < 1.29 is 85.3 Å². The van der Waals surface area contributed by atoms with Crippen molar-refractivity contribution in [2.75, 3.05) is 37.8 Å². The van der Waals surface area contributed by atoms with E-state index in [4.69, 9.17) is 19.5 Å². The second-order valence-electron chi connectivity index (χ2n) is 15.6. The highest BCUT2D eigenvalue weighted by Gasteiger charge is 2.50. The molecule has 0 aliphatic carbocycles. The van der Waals surface area contributed by atoms with Gasteiger partial charge in [0.15, 0.2) is 22.8 Å². The molecule has 0 spiro atoms. The standard InChI is InChI=1S/C36H47N8O18P3S/c1-36(2,30(48)33(49)39-12-10-25(45)38-13-15-66-35(50)21-11-14-43-22(21)8-9-23(43)27(46)20-6-4-3-5-7-20)17-59-65(56,57)62-64(54,55)58-16-24-29(61-63(51,52)53)28(47)34(60-24)44-19-42-26-31(37)40-18-41-32(26)44/h3-9,18-19,21,24,28-30,34,47-48H,10-17H2,1-2H3,(H,38,45)(H,39,49)(H,54,55)(H,56,57)(H2,37,40,41)(H2,51,52,53). The van der Waals surface area contributed by atoms with E-state index in [1.54, 1.807) is 36.4 Å². The van der Waals surface area contributed by atoms with E-state index in [2.05, 4.69) is 34.4 Å². The maximum absolute atomic E-state index is 13.0. The Labute approximate surface area is 379 Å². The van der Waals surface area contributed by atoms with Gasteiger partial charge in [0, 0.05) is 48.5 Å². The molecule has 6 rings (SSSR count). The SMILES string of the molecule is CC(C)(COP(=O)(O)OP(=O)(O)OCC1OC(n2cnc3c(N)ncnc32)C(O)C1OP(=O)(O)O)C(O)C(=O)NCCC(=O)NCCSC(=O)C1CCn2c(C(=O)c3ccccc3)ccc21. The van der Waals surface area contributed by atoms with Gasteiger partial charge in [0.25, 0.3) is 0 Å². The van der Waals surface area contributed by atoms with Crippen LogP contribution in [0.15, 0.2) is 55.1 Å². The number of hydrogen-bond donors (Lipinski definition) is 9. The van der Waals surface area contributed by atoms with Gasteiger partial charge >= 0.3 is 23.5 Å². The Morgan fingerprint density at radius 2 is 1.70 bits per heavy atom. The molecule has 1 fully saturated rings. The maximum Gasteiger partial charge on any atom is 0.481 e. The summed E-state index contributed by atoms with van der Waals surface area (Å²) in [6, 6.07) is 12.3. The van der Waals surface area contributed by atoms with Crippen molar-refractivity contribution in [3.05, 3.63) is 72.1 Å². The lowest BCUT2D eigenvalue weighted by Gasteiger charge is -2.30. The van der Waals surface area contributed by atoms with Crippen LogP contribution in [0.4, 0.5) is 5.82 Å². The van der Waals surface area contributed by atoms with Gasteiger partial charge in [0.05, 0.1) is 31.2 Å². The van der Waals surface area contributed by atoms with Crippen LogP contribution in [0.25, 0.3) is 11.2 Å². The normalized spacial score (nSPS) is 22.0. The van der Waals surface area contributed by atoms with Crippen molar-refractivity contribution in [2.45, 2.75) is 69.8 Å². The summed E-state index contributed by atoms with van der Waals surface area (Å²) in [5, 5.41) is 26.5. The zero-order chi connectivity index (χ0) is 48.2. The number of phosphoric ester groups is 3. The summed E-state index contributed by atoms with van der Waals surface area (Å²) in [5.41, 5.74) is 6.05. The number of aliphatic hydroxyl groups excluding tert-OH is 2. The monoisotopic (exact) mass is 1000 g/mol. The van der Waals surface area contributed by atoms with E-state index in [1.807, 2.05) is 10.6 Å². The Morgan fingerprint density at radius 1 is 0.985 bits per heavy atom. The molecule has 30 heteroatoms. The molecule has 66 heavy (non-hydrogen) atoms.